The molecular weight excluding hydrogens is 278 g/mol. The highest BCUT2D eigenvalue weighted by atomic mass is 19.2. The van der Waals surface area contributed by atoms with Crippen LogP contribution in [-0.2, 0) is 0 Å². The third kappa shape index (κ3) is 3.16. The quantitative estimate of drug-likeness (QED) is 0.673. The van der Waals surface area contributed by atoms with Crippen molar-refractivity contribution >= 4 is 11.4 Å². The molecule has 0 saturated carbocycles. The minimum absolute atomic E-state index is 0.0985. The Balaban J connectivity index is 2.34. The van der Waals surface area contributed by atoms with Gasteiger partial charge in [0.15, 0.2) is 11.6 Å². The highest BCUT2D eigenvalue weighted by Gasteiger charge is 2.19. The third-order valence-corrected chi connectivity index (χ3v) is 3.17. The Labute approximate surface area is 120 Å². The molecule has 0 saturated heterocycles. The van der Waals surface area contributed by atoms with E-state index in [2.05, 4.69) is 5.32 Å². The maximum atomic E-state index is 13.7. The van der Waals surface area contributed by atoms with Crippen LogP contribution in [0.25, 0.3) is 0 Å². The van der Waals surface area contributed by atoms with Gasteiger partial charge in [0.1, 0.15) is 5.69 Å². The fraction of sp³-hybridized carbons (Fsp3) is 0.200. The number of nitro groups is 1. The number of benzene rings is 2. The average molecular weight is 292 g/mol. The first-order valence-corrected chi connectivity index (χ1v) is 6.35. The van der Waals surface area contributed by atoms with Crippen LogP contribution >= 0.6 is 0 Å². The fourth-order valence-electron chi connectivity index (χ4n) is 2.08. The van der Waals surface area contributed by atoms with Gasteiger partial charge in [-0.15, -0.1) is 0 Å². The summed E-state index contributed by atoms with van der Waals surface area (Å²) < 4.78 is 27.0. The normalized spacial score (nSPS) is 12.0. The van der Waals surface area contributed by atoms with Crippen molar-refractivity contribution in [3.8, 4) is 0 Å². The molecule has 0 amide bonds. The zero-order chi connectivity index (χ0) is 15.6. The van der Waals surface area contributed by atoms with Gasteiger partial charge in [0.2, 0.25) is 0 Å². The van der Waals surface area contributed by atoms with Crippen LogP contribution < -0.4 is 5.32 Å². The summed E-state index contributed by atoms with van der Waals surface area (Å²) in [6.07, 6.45) is 0. The number of hydrogen-bond acceptors (Lipinski definition) is 3. The maximum Gasteiger partial charge on any atom is 0.292 e. The number of aryl methyl sites for hydroxylation is 1. The molecule has 6 heteroatoms. The van der Waals surface area contributed by atoms with Gasteiger partial charge in [-0.25, -0.2) is 8.78 Å². The van der Waals surface area contributed by atoms with Crippen LogP contribution in [0, 0.1) is 28.7 Å². The van der Waals surface area contributed by atoms with Crippen LogP contribution in [0.15, 0.2) is 36.4 Å². The standard InChI is InChI=1S/C15H14F2N2O2/c1-9-6-7-13(14(8-9)19(20)21)18-10(2)11-4-3-5-12(16)15(11)17/h3-8,10,18H,1-2H3. The van der Waals surface area contributed by atoms with E-state index in [0.29, 0.717) is 0 Å². The molecule has 0 aliphatic carbocycles. The summed E-state index contributed by atoms with van der Waals surface area (Å²) in [6, 6.07) is 7.95. The second-order valence-electron chi connectivity index (χ2n) is 4.79. The molecule has 4 nitrogen and oxygen atoms in total. The second kappa shape index (κ2) is 5.87. The highest BCUT2D eigenvalue weighted by Crippen LogP contribution is 2.30. The number of hydrogen-bond donors (Lipinski definition) is 1. The smallest absolute Gasteiger partial charge is 0.292 e. The van der Waals surface area contributed by atoms with E-state index >= 15 is 0 Å². The number of nitro benzene ring substituents is 1. The van der Waals surface area contributed by atoms with Crippen LogP contribution in [0.4, 0.5) is 20.2 Å². The average Bonchev–Trinajstić information content (AvgIpc) is 2.43. The number of anilines is 1. The van der Waals surface area contributed by atoms with Crippen molar-refractivity contribution in [2.45, 2.75) is 19.9 Å². The van der Waals surface area contributed by atoms with Gasteiger partial charge in [-0.1, -0.05) is 18.2 Å². The lowest BCUT2D eigenvalue weighted by atomic mass is 10.1. The molecule has 1 unspecified atom stereocenters. The highest BCUT2D eigenvalue weighted by molar-refractivity contribution is 5.63. The molecule has 0 bridgehead atoms. The van der Waals surface area contributed by atoms with Gasteiger partial charge < -0.3 is 5.32 Å². The van der Waals surface area contributed by atoms with E-state index < -0.39 is 22.6 Å². The van der Waals surface area contributed by atoms with E-state index in [1.165, 1.54) is 18.2 Å². The Morgan fingerprint density at radius 2 is 1.95 bits per heavy atom. The zero-order valence-electron chi connectivity index (χ0n) is 11.6. The summed E-state index contributed by atoms with van der Waals surface area (Å²) in [5.41, 5.74) is 1.03. The van der Waals surface area contributed by atoms with Crippen molar-refractivity contribution in [3.05, 3.63) is 69.3 Å². The summed E-state index contributed by atoms with van der Waals surface area (Å²) in [4.78, 5) is 10.5. The van der Waals surface area contributed by atoms with Gasteiger partial charge in [-0.2, -0.15) is 0 Å². The van der Waals surface area contributed by atoms with Crippen LogP contribution in [0.3, 0.4) is 0 Å². The number of nitrogens with zero attached hydrogens (tertiary/aromatic N) is 1. The van der Waals surface area contributed by atoms with Crippen LogP contribution in [-0.4, -0.2) is 4.92 Å². The number of halogens is 2. The van der Waals surface area contributed by atoms with Gasteiger partial charge in [0, 0.05) is 11.6 Å². The number of nitrogens with one attached hydrogen (secondary N) is 1. The molecule has 2 aromatic carbocycles. The molecule has 0 heterocycles. The Morgan fingerprint density at radius 3 is 2.62 bits per heavy atom. The van der Waals surface area contributed by atoms with Crippen LogP contribution in [0.5, 0.6) is 0 Å². The Morgan fingerprint density at radius 1 is 1.24 bits per heavy atom. The Hall–Kier alpha value is -2.50. The van der Waals surface area contributed by atoms with Gasteiger partial charge in [0.05, 0.1) is 11.0 Å². The minimum Gasteiger partial charge on any atom is -0.373 e. The predicted molar refractivity (Wildman–Crippen MR) is 76.2 cm³/mol. The molecule has 2 aromatic rings. The van der Waals surface area contributed by atoms with Gasteiger partial charge >= 0.3 is 0 Å². The maximum absolute atomic E-state index is 13.7. The molecule has 0 aliphatic rings. The topological polar surface area (TPSA) is 55.2 Å². The zero-order valence-corrected chi connectivity index (χ0v) is 11.6. The molecule has 2 rings (SSSR count). The first kappa shape index (κ1) is 14.9. The fourth-order valence-corrected chi connectivity index (χ4v) is 2.08. The molecule has 0 fully saturated rings. The van der Waals surface area contributed by atoms with Gasteiger partial charge in [0.25, 0.3) is 5.69 Å². The first-order valence-electron chi connectivity index (χ1n) is 6.35. The molecular formula is C15H14F2N2O2. The van der Waals surface area contributed by atoms with Crippen molar-refractivity contribution in [3.63, 3.8) is 0 Å². The van der Waals surface area contributed by atoms with E-state index in [0.717, 1.165) is 11.6 Å². The summed E-state index contributed by atoms with van der Waals surface area (Å²) in [6.45, 7) is 3.36. The van der Waals surface area contributed by atoms with Crippen LogP contribution in [0.1, 0.15) is 24.1 Å². The SMILES string of the molecule is Cc1ccc(NC(C)c2cccc(F)c2F)c([N+](=O)[O-])c1. The lowest BCUT2D eigenvalue weighted by Crippen LogP contribution is -2.11. The summed E-state index contributed by atoms with van der Waals surface area (Å²) in [5, 5.41) is 13.9. The van der Waals surface area contributed by atoms with Gasteiger partial charge in [-0.3, -0.25) is 10.1 Å². The van der Waals surface area contributed by atoms with Crippen molar-refractivity contribution in [1.29, 1.82) is 0 Å². The summed E-state index contributed by atoms with van der Waals surface area (Å²) >= 11 is 0. The van der Waals surface area contributed by atoms with Crippen molar-refractivity contribution in [2.75, 3.05) is 5.32 Å². The van der Waals surface area contributed by atoms with Crippen molar-refractivity contribution in [1.82, 2.24) is 0 Å². The molecule has 0 radical (unpaired) electrons. The molecule has 21 heavy (non-hydrogen) atoms. The van der Waals surface area contributed by atoms with Crippen LogP contribution in [0.2, 0.25) is 0 Å². The summed E-state index contributed by atoms with van der Waals surface area (Å²) in [7, 11) is 0. The minimum atomic E-state index is -0.952. The van der Waals surface area contributed by atoms with E-state index in [9.17, 15) is 18.9 Å². The molecule has 110 valence electrons. The number of rotatable bonds is 4. The van der Waals surface area contributed by atoms with Crippen molar-refractivity contribution in [2.24, 2.45) is 0 Å². The molecule has 0 aliphatic heterocycles. The lowest BCUT2D eigenvalue weighted by Gasteiger charge is -2.16. The predicted octanol–water partition coefficient (Wildman–Crippen LogP) is 4.35. The molecule has 1 atom stereocenters. The van der Waals surface area contributed by atoms with E-state index in [1.54, 1.807) is 26.0 Å². The lowest BCUT2D eigenvalue weighted by molar-refractivity contribution is -0.384. The molecule has 0 spiro atoms. The Bertz CT molecular complexity index is 689. The van der Waals surface area contributed by atoms with E-state index in [1.807, 2.05) is 0 Å². The summed E-state index contributed by atoms with van der Waals surface area (Å²) in [5.74, 6) is -1.90. The van der Waals surface area contributed by atoms with E-state index in [-0.39, 0.29) is 16.9 Å². The molecule has 0 aromatic heterocycles. The first-order chi connectivity index (χ1) is 9.90. The van der Waals surface area contributed by atoms with E-state index in [4.69, 9.17) is 0 Å². The van der Waals surface area contributed by atoms with Gasteiger partial charge in [-0.05, 0) is 31.5 Å². The van der Waals surface area contributed by atoms with Crippen molar-refractivity contribution < 1.29 is 13.7 Å². The third-order valence-electron chi connectivity index (χ3n) is 3.17. The Kier molecular flexibility index (Phi) is 4.16. The second-order valence-corrected chi connectivity index (χ2v) is 4.79. The largest absolute Gasteiger partial charge is 0.373 e. The molecule has 1 N–H and O–H groups in total. The monoisotopic (exact) mass is 292 g/mol.